The Morgan fingerprint density at radius 1 is 1.00 bits per heavy atom. The summed E-state index contributed by atoms with van der Waals surface area (Å²) in [6.45, 7) is 4.24. The highest BCUT2D eigenvalue weighted by Gasteiger charge is 2.47. The van der Waals surface area contributed by atoms with Crippen LogP contribution in [0, 0.1) is 11.3 Å². The molecule has 2 aromatic carbocycles. The van der Waals surface area contributed by atoms with Crippen molar-refractivity contribution in [3.05, 3.63) is 64.7 Å². The standard InChI is InChI=1S/C32H42ClN3O3/c1-39-28-13-7-24(8-14-28)23-36-22-18-32(31(36)38)16-20-35(21-17-32)19-15-29(25-9-11-27(33)12-10-25)34-30(37)26-5-3-2-4-6-26/h7-14,26,29H,2-6,15-23H2,1H3,(H,34,37). The number of amides is 2. The van der Waals surface area contributed by atoms with E-state index in [1.165, 1.54) is 6.42 Å². The fourth-order valence-corrected chi connectivity index (χ4v) is 6.77. The number of likely N-dealkylation sites (tertiary alicyclic amines) is 2. The summed E-state index contributed by atoms with van der Waals surface area (Å²) in [5.74, 6) is 1.48. The molecule has 2 aromatic rings. The van der Waals surface area contributed by atoms with Crippen LogP contribution in [0.15, 0.2) is 48.5 Å². The van der Waals surface area contributed by atoms with Crippen LogP contribution in [-0.4, -0.2) is 54.9 Å². The van der Waals surface area contributed by atoms with Gasteiger partial charge in [0.15, 0.2) is 0 Å². The predicted octanol–water partition coefficient (Wildman–Crippen LogP) is 5.99. The van der Waals surface area contributed by atoms with Crippen molar-refractivity contribution in [2.45, 2.75) is 70.4 Å². The van der Waals surface area contributed by atoms with Gasteiger partial charge >= 0.3 is 0 Å². The number of carbonyl (C=O) groups is 2. The molecule has 1 atom stereocenters. The van der Waals surface area contributed by atoms with E-state index in [1.807, 2.05) is 53.4 Å². The number of rotatable bonds is 9. The third-order valence-electron chi connectivity index (χ3n) is 9.25. The number of ether oxygens (including phenoxy) is 1. The molecule has 6 nitrogen and oxygen atoms in total. The van der Waals surface area contributed by atoms with Crippen LogP contribution in [0.5, 0.6) is 5.75 Å². The number of halogens is 1. The lowest BCUT2D eigenvalue weighted by Crippen LogP contribution is -2.45. The summed E-state index contributed by atoms with van der Waals surface area (Å²) < 4.78 is 5.26. The van der Waals surface area contributed by atoms with Gasteiger partial charge in [-0.25, -0.2) is 0 Å². The second kappa shape index (κ2) is 12.7. The smallest absolute Gasteiger partial charge is 0.229 e. The van der Waals surface area contributed by atoms with Gasteiger partial charge in [-0.2, -0.15) is 0 Å². The van der Waals surface area contributed by atoms with E-state index >= 15 is 0 Å². The molecular weight excluding hydrogens is 510 g/mol. The monoisotopic (exact) mass is 551 g/mol. The van der Waals surface area contributed by atoms with Gasteiger partial charge in [0, 0.05) is 30.6 Å². The Bertz CT molecular complexity index is 1110. The molecule has 2 heterocycles. The van der Waals surface area contributed by atoms with E-state index in [1.54, 1.807) is 7.11 Å². The van der Waals surface area contributed by atoms with Crippen molar-refractivity contribution in [2.24, 2.45) is 11.3 Å². The molecule has 39 heavy (non-hydrogen) atoms. The van der Waals surface area contributed by atoms with Gasteiger partial charge in [0.25, 0.3) is 0 Å². The minimum Gasteiger partial charge on any atom is -0.497 e. The van der Waals surface area contributed by atoms with E-state index in [2.05, 4.69) is 10.2 Å². The Balaban J connectivity index is 1.15. The fraction of sp³-hybridized carbons (Fsp3) is 0.562. The average Bonchev–Trinajstić information content (AvgIpc) is 3.27. The number of nitrogens with one attached hydrogen (secondary N) is 1. The maximum absolute atomic E-state index is 13.5. The van der Waals surface area contributed by atoms with Crippen LogP contribution in [0.3, 0.4) is 0 Å². The van der Waals surface area contributed by atoms with Gasteiger partial charge in [0.2, 0.25) is 11.8 Å². The number of hydrogen-bond donors (Lipinski definition) is 1. The van der Waals surface area contributed by atoms with Gasteiger partial charge in [0.1, 0.15) is 5.75 Å². The lowest BCUT2D eigenvalue weighted by atomic mass is 9.77. The second-order valence-electron chi connectivity index (χ2n) is 11.7. The van der Waals surface area contributed by atoms with Crippen LogP contribution in [-0.2, 0) is 16.1 Å². The minimum absolute atomic E-state index is 0.0271. The molecule has 0 bridgehead atoms. The van der Waals surface area contributed by atoms with Crippen molar-refractivity contribution in [1.82, 2.24) is 15.1 Å². The lowest BCUT2D eigenvalue weighted by molar-refractivity contribution is -0.139. The van der Waals surface area contributed by atoms with Crippen molar-refractivity contribution in [3.63, 3.8) is 0 Å². The van der Waals surface area contributed by atoms with Crippen molar-refractivity contribution < 1.29 is 14.3 Å². The fourth-order valence-electron chi connectivity index (χ4n) is 6.65. The maximum atomic E-state index is 13.5. The van der Waals surface area contributed by atoms with Crippen LogP contribution in [0.2, 0.25) is 5.02 Å². The van der Waals surface area contributed by atoms with Gasteiger partial charge in [-0.3, -0.25) is 9.59 Å². The molecule has 5 rings (SSSR count). The quantitative estimate of drug-likeness (QED) is 0.416. The van der Waals surface area contributed by atoms with Crippen LogP contribution < -0.4 is 10.1 Å². The van der Waals surface area contributed by atoms with Crippen LogP contribution in [0.25, 0.3) is 0 Å². The van der Waals surface area contributed by atoms with E-state index in [4.69, 9.17) is 16.3 Å². The third kappa shape index (κ3) is 6.78. The first-order valence-corrected chi connectivity index (χ1v) is 15.0. The normalized spacial score (nSPS) is 20.8. The van der Waals surface area contributed by atoms with E-state index in [0.29, 0.717) is 17.5 Å². The van der Waals surface area contributed by atoms with Gasteiger partial charge < -0.3 is 19.9 Å². The van der Waals surface area contributed by atoms with Crippen LogP contribution >= 0.6 is 11.6 Å². The molecule has 2 aliphatic heterocycles. The van der Waals surface area contributed by atoms with Gasteiger partial charge in [-0.05, 0) is 87.0 Å². The minimum atomic E-state index is -0.215. The summed E-state index contributed by atoms with van der Waals surface area (Å²) in [6, 6.07) is 15.9. The maximum Gasteiger partial charge on any atom is 0.229 e. The Morgan fingerprint density at radius 3 is 2.33 bits per heavy atom. The van der Waals surface area contributed by atoms with Crippen LogP contribution in [0.1, 0.15) is 75.0 Å². The number of piperidine rings is 1. The lowest BCUT2D eigenvalue weighted by Gasteiger charge is -2.38. The highest BCUT2D eigenvalue weighted by molar-refractivity contribution is 6.30. The van der Waals surface area contributed by atoms with E-state index in [-0.39, 0.29) is 23.3 Å². The zero-order valence-corrected chi connectivity index (χ0v) is 23.9. The average molecular weight is 552 g/mol. The SMILES string of the molecule is COc1ccc(CN2CCC3(CCN(CCC(NC(=O)C4CCCCC4)c4ccc(Cl)cc4)CC3)C2=O)cc1. The largest absolute Gasteiger partial charge is 0.497 e. The second-order valence-corrected chi connectivity index (χ2v) is 12.1. The Kier molecular flexibility index (Phi) is 9.13. The van der Waals surface area contributed by atoms with Crippen molar-refractivity contribution in [3.8, 4) is 5.75 Å². The molecule has 0 aromatic heterocycles. The Morgan fingerprint density at radius 2 is 1.67 bits per heavy atom. The summed E-state index contributed by atoms with van der Waals surface area (Å²) in [6.07, 6.45) is 9.14. The molecule has 3 aliphatic rings. The van der Waals surface area contributed by atoms with Crippen molar-refractivity contribution >= 4 is 23.4 Å². The summed E-state index contributed by atoms with van der Waals surface area (Å²) >= 11 is 6.15. The van der Waals surface area contributed by atoms with Gasteiger partial charge in [-0.15, -0.1) is 0 Å². The zero-order chi connectivity index (χ0) is 27.2. The molecule has 7 heteroatoms. The summed E-state index contributed by atoms with van der Waals surface area (Å²) in [4.78, 5) is 31.1. The Labute approximate surface area is 238 Å². The van der Waals surface area contributed by atoms with E-state index in [0.717, 1.165) is 94.4 Å². The molecule has 1 N–H and O–H groups in total. The molecule has 2 amide bonds. The molecule has 1 unspecified atom stereocenters. The number of carbonyl (C=O) groups excluding carboxylic acids is 2. The number of nitrogens with zero attached hydrogens (tertiary/aromatic N) is 2. The highest BCUT2D eigenvalue weighted by atomic mass is 35.5. The summed E-state index contributed by atoms with van der Waals surface area (Å²) in [5.41, 5.74) is 2.03. The number of methoxy groups -OCH3 is 1. The first kappa shape index (κ1) is 28.0. The topological polar surface area (TPSA) is 61.9 Å². The highest BCUT2D eigenvalue weighted by Crippen LogP contribution is 2.42. The van der Waals surface area contributed by atoms with Crippen molar-refractivity contribution in [1.29, 1.82) is 0 Å². The number of hydrogen-bond acceptors (Lipinski definition) is 4. The molecule has 1 aliphatic carbocycles. The summed E-state index contributed by atoms with van der Waals surface area (Å²) in [7, 11) is 1.67. The first-order chi connectivity index (χ1) is 19.0. The molecule has 3 fully saturated rings. The third-order valence-corrected chi connectivity index (χ3v) is 9.50. The van der Waals surface area contributed by atoms with E-state index in [9.17, 15) is 9.59 Å². The van der Waals surface area contributed by atoms with Crippen LogP contribution in [0.4, 0.5) is 0 Å². The van der Waals surface area contributed by atoms with Gasteiger partial charge in [-0.1, -0.05) is 55.1 Å². The van der Waals surface area contributed by atoms with E-state index < -0.39 is 0 Å². The molecular formula is C32H42ClN3O3. The first-order valence-electron chi connectivity index (χ1n) is 14.7. The van der Waals surface area contributed by atoms with Crippen molar-refractivity contribution in [2.75, 3.05) is 33.3 Å². The predicted molar refractivity (Wildman–Crippen MR) is 155 cm³/mol. The molecule has 1 spiro atoms. The molecule has 210 valence electrons. The summed E-state index contributed by atoms with van der Waals surface area (Å²) in [5, 5.41) is 4.08. The molecule has 1 saturated carbocycles. The molecule has 2 saturated heterocycles. The molecule has 0 radical (unpaired) electrons. The zero-order valence-electron chi connectivity index (χ0n) is 23.2. The number of benzene rings is 2. The van der Waals surface area contributed by atoms with Gasteiger partial charge in [0.05, 0.1) is 18.6 Å². The Hall–Kier alpha value is -2.57.